The molecule has 0 aromatic carbocycles. The van der Waals surface area contributed by atoms with Gasteiger partial charge >= 0.3 is 33.0 Å². The molecule has 0 saturated heterocycles. The number of aliphatic imine (C=N–C) groups is 2. The Morgan fingerprint density at radius 1 is 0.576 bits per heavy atom. The third-order valence-electron chi connectivity index (χ3n) is 8.54. The van der Waals surface area contributed by atoms with E-state index in [0.29, 0.717) is 48.4 Å². The summed E-state index contributed by atoms with van der Waals surface area (Å²) in [6.07, 6.45) is 8.10. The van der Waals surface area contributed by atoms with E-state index in [2.05, 4.69) is 69.2 Å². The summed E-state index contributed by atoms with van der Waals surface area (Å²) in [6, 6.07) is 0.939. The van der Waals surface area contributed by atoms with Gasteiger partial charge in [0.25, 0.3) is 0 Å². The summed E-state index contributed by atoms with van der Waals surface area (Å²) in [7, 11) is 9.40. The van der Waals surface area contributed by atoms with Crippen LogP contribution in [0.5, 0.6) is 0 Å². The first-order valence-corrected chi connectivity index (χ1v) is 16.1. The molecule has 5 heteroatoms. The number of hydrogen-bond donors (Lipinski definition) is 0. The topological polar surface area (TPSA) is 24.7 Å². The predicted molar refractivity (Wildman–Crippen MR) is 147 cm³/mol. The number of rotatable bonds is 7. The fourth-order valence-corrected chi connectivity index (χ4v) is 6.42. The molecule has 0 N–H and O–H groups in total. The van der Waals surface area contributed by atoms with Gasteiger partial charge in [0.05, 0.1) is 23.5 Å². The van der Waals surface area contributed by atoms with Crippen LogP contribution in [0.4, 0.5) is 0 Å². The maximum absolute atomic E-state index is 5.43. The Labute approximate surface area is 220 Å². The minimum absolute atomic E-state index is 0.469. The molecule has 0 spiro atoms. The van der Waals surface area contributed by atoms with Crippen molar-refractivity contribution in [2.24, 2.45) is 57.3 Å². The third-order valence-corrected chi connectivity index (χ3v) is 8.54. The third kappa shape index (κ3) is 9.42. The Bertz CT molecular complexity index is 531. The van der Waals surface area contributed by atoms with Crippen molar-refractivity contribution in [2.45, 2.75) is 120 Å². The maximum atomic E-state index is 5.43. The van der Waals surface area contributed by atoms with Crippen LogP contribution in [0.2, 0.25) is 0 Å². The van der Waals surface area contributed by atoms with Crippen molar-refractivity contribution in [2.75, 3.05) is 0 Å². The van der Waals surface area contributed by atoms with E-state index in [1.807, 2.05) is 0 Å². The van der Waals surface area contributed by atoms with Crippen molar-refractivity contribution in [3.8, 4) is 0 Å². The second-order valence-corrected chi connectivity index (χ2v) is 13.6. The Balaban J connectivity index is 0.00000172. The van der Waals surface area contributed by atoms with Crippen LogP contribution in [0.1, 0.15) is 108 Å². The first-order valence-electron chi connectivity index (χ1n) is 13.4. The molecular formula is C28H52Cl2N2Ni. The predicted octanol–water partition coefficient (Wildman–Crippen LogP) is 9.48. The van der Waals surface area contributed by atoms with E-state index in [0.717, 1.165) is 23.7 Å². The van der Waals surface area contributed by atoms with Crippen molar-refractivity contribution < 1.29 is 12.7 Å². The van der Waals surface area contributed by atoms with E-state index >= 15 is 0 Å². The van der Waals surface area contributed by atoms with Crippen molar-refractivity contribution >= 4 is 31.8 Å². The summed E-state index contributed by atoms with van der Waals surface area (Å²) >= 11 is 0.569. The summed E-state index contributed by atoms with van der Waals surface area (Å²) in [6.45, 7) is 23.7. The van der Waals surface area contributed by atoms with Gasteiger partial charge in [0.1, 0.15) is 0 Å². The van der Waals surface area contributed by atoms with E-state index in [1.165, 1.54) is 49.9 Å². The Morgan fingerprint density at radius 2 is 0.788 bits per heavy atom. The van der Waals surface area contributed by atoms with Crippen molar-refractivity contribution in [3.05, 3.63) is 0 Å². The number of halogens is 2. The second kappa shape index (κ2) is 15.5. The fourth-order valence-electron chi connectivity index (χ4n) is 6.42. The molecule has 4 atom stereocenters. The zero-order chi connectivity index (χ0) is 25.3. The van der Waals surface area contributed by atoms with Gasteiger partial charge in [-0.05, 0) is 86.9 Å². The molecule has 2 fully saturated rings. The zero-order valence-electron chi connectivity index (χ0n) is 23.0. The SMILES string of the molecule is CC(=NC1C(C(C)C)CCCC1C(C)C)C(C)=NC1C(C(C)C)CCCC1C(C)C.[Cl][Ni][Cl]. The van der Waals surface area contributed by atoms with Crippen LogP contribution in [0, 0.1) is 47.3 Å². The average Bonchev–Trinajstić information content (AvgIpc) is 2.73. The first-order chi connectivity index (χ1) is 15.5. The first kappa shape index (κ1) is 31.4. The number of nitrogens with zero attached hydrogens (tertiary/aromatic N) is 2. The zero-order valence-corrected chi connectivity index (χ0v) is 25.5. The van der Waals surface area contributed by atoms with E-state index in [-0.39, 0.29) is 0 Å². The van der Waals surface area contributed by atoms with Gasteiger partial charge in [0.2, 0.25) is 0 Å². The molecule has 0 aromatic rings. The van der Waals surface area contributed by atoms with Crippen molar-refractivity contribution in [3.63, 3.8) is 0 Å². The molecule has 0 radical (unpaired) electrons. The summed E-state index contributed by atoms with van der Waals surface area (Å²) in [5.41, 5.74) is 2.41. The Kier molecular flexibility index (Phi) is 14.8. The van der Waals surface area contributed by atoms with Gasteiger partial charge in [-0.3, -0.25) is 9.98 Å². The number of hydrogen-bond acceptors (Lipinski definition) is 2. The molecule has 198 valence electrons. The van der Waals surface area contributed by atoms with Crippen LogP contribution < -0.4 is 0 Å². The van der Waals surface area contributed by atoms with Gasteiger partial charge in [0.15, 0.2) is 0 Å². The molecule has 2 aliphatic carbocycles. The summed E-state index contributed by atoms with van der Waals surface area (Å²) in [5, 5.41) is 0. The average molecular weight is 546 g/mol. The standard InChI is InChI=1S/C28H52N2.2ClH.Ni/c1-17(2)23-13-11-14-24(18(3)4)27(23)29-21(9)22(10)30-28-25(19(5)6)15-12-16-26(28)20(7)8;;;/h17-20,23-28H,11-16H2,1-10H3;2*1H;/q;;;+2/p-2. The quantitative estimate of drug-likeness (QED) is 0.225. The second-order valence-electron chi connectivity index (χ2n) is 11.9. The van der Waals surface area contributed by atoms with E-state index in [4.69, 9.17) is 30.4 Å². The molecule has 0 amide bonds. The molecule has 4 unspecified atom stereocenters. The van der Waals surface area contributed by atoms with Crippen LogP contribution in [0.25, 0.3) is 0 Å². The minimum atomic E-state index is 0.469. The van der Waals surface area contributed by atoms with Crippen molar-refractivity contribution in [1.82, 2.24) is 0 Å². The summed E-state index contributed by atoms with van der Waals surface area (Å²) < 4.78 is 0. The van der Waals surface area contributed by atoms with Crippen LogP contribution in [0.15, 0.2) is 9.98 Å². The van der Waals surface area contributed by atoms with E-state index < -0.39 is 0 Å². The van der Waals surface area contributed by atoms with E-state index in [1.54, 1.807) is 0 Å². The van der Waals surface area contributed by atoms with Crippen LogP contribution in [-0.2, 0) is 12.7 Å². The molecule has 0 heterocycles. The van der Waals surface area contributed by atoms with Gasteiger partial charge in [0, 0.05) is 0 Å². The van der Waals surface area contributed by atoms with Gasteiger partial charge in [-0.25, -0.2) is 0 Å². The Hall–Kier alpha value is 0.414. The van der Waals surface area contributed by atoms with Gasteiger partial charge in [-0.1, -0.05) is 68.2 Å². The van der Waals surface area contributed by atoms with Crippen LogP contribution >= 0.6 is 20.4 Å². The molecule has 2 rings (SSSR count). The molecule has 2 saturated carbocycles. The molecule has 0 aliphatic heterocycles. The normalized spacial score (nSPS) is 32.0. The van der Waals surface area contributed by atoms with Gasteiger partial charge in [-0.15, -0.1) is 0 Å². The van der Waals surface area contributed by atoms with Crippen LogP contribution in [0.3, 0.4) is 0 Å². The molecular weight excluding hydrogens is 494 g/mol. The van der Waals surface area contributed by atoms with E-state index in [9.17, 15) is 0 Å². The van der Waals surface area contributed by atoms with Crippen LogP contribution in [-0.4, -0.2) is 23.5 Å². The summed E-state index contributed by atoms with van der Waals surface area (Å²) in [4.78, 5) is 10.9. The van der Waals surface area contributed by atoms with Gasteiger partial charge < -0.3 is 0 Å². The summed E-state index contributed by atoms with van der Waals surface area (Å²) in [5.74, 6) is 5.70. The monoisotopic (exact) mass is 544 g/mol. The molecule has 2 aliphatic rings. The molecule has 33 heavy (non-hydrogen) atoms. The Morgan fingerprint density at radius 3 is 0.970 bits per heavy atom. The molecule has 0 bridgehead atoms. The molecule has 0 aromatic heterocycles. The fraction of sp³-hybridized carbons (Fsp3) is 0.929. The molecule has 2 nitrogen and oxygen atoms in total. The van der Waals surface area contributed by atoms with Crippen molar-refractivity contribution in [1.29, 1.82) is 0 Å². The van der Waals surface area contributed by atoms with Gasteiger partial charge in [-0.2, -0.15) is 0 Å².